The third-order valence-electron chi connectivity index (χ3n) is 4.36. The molecule has 1 aliphatic rings. The maximum atomic E-state index is 11.0. The molecule has 24 heavy (non-hydrogen) atoms. The van der Waals surface area contributed by atoms with E-state index in [2.05, 4.69) is 15.1 Å². The molecule has 2 heterocycles. The van der Waals surface area contributed by atoms with Crippen LogP contribution in [0.1, 0.15) is 16.8 Å². The van der Waals surface area contributed by atoms with Gasteiger partial charge in [-0.1, -0.05) is 18.2 Å². The second-order valence-electron chi connectivity index (χ2n) is 6.56. The molecule has 0 radical (unpaired) electrons. The van der Waals surface area contributed by atoms with Crippen molar-refractivity contribution in [1.82, 2.24) is 15.1 Å². The van der Waals surface area contributed by atoms with Crippen LogP contribution in [0.3, 0.4) is 0 Å². The molecule has 130 valence electrons. The standard InChI is InChI=1S/C18H25N3O3/c1-14-5-3-4-6-17(14)24-13-18(22)11-21(7-8-23-12-18)10-16-9-19-20-15(16)2/h3-6,9,22H,7-8,10-13H2,1-2H3,(H,19,20)/t18-/m1/s1. The number of hydrogen-bond acceptors (Lipinski definition) is 5. The molecule has 3 rings (SSSR count). The number of aromatic amines is 1. The van der Waals surface area contributed by atoms with E-state index in [0.29, 0.717) is 13.2 Å². The predicted octanol–water partition coefficient (Wildman–Crippen LogP) is 1.67. The van der Waals surface area contributed by atoms with Gasteiger partial charge in [0.15, 0.2) is 0 Å². The topological polar surface area (TPSA) is 70.6 Å². The lowest BCUT2D eigenvalue weighted by atomic mass is 10.1. The average molecular weight is 331 g/mol. The van der Waals surface area contributed by atoms with Gasteiger partial charge in [-0.3, -0.25) is 10.00 Å². The van der Waals surface area contributed by atoms with E-state index in [9.17, 15) is 5.11 Å². The van der Waals surface area contributed by atoms with E-state index in [1.54, 1.807) is 0 Å². The number of nitrogens with one attached hydrogen (secondary N) is 1. The smallest absolute Gasteiger partial charge is 0.134 e. The molecule has 6 heteroatoms. The molecule has 1 aliphatic heterocycles. The monoisotopic (exact) mass is 331 g/mol. The lowest BCUT2D eigenvalue weighted by molar-refractivity contribution is -0.0647. The summed E-state index contributed by atoms with van der Waals surface area (Å²) < 4.78 is 11.5. The maximum absolute atomic E-state index is 11.0. The summed E-state index contributed by atoms with van der Waals surface area (Å²) in [5.41, 5.74) is 2.22. The Morgan fingerprint density at radius 1 is 1.38 bits per heavy atom. The lowest BCUT2D eigenvalue weighted by Crippen LogP contribution is -2.48. The molecule has 1 atom stereocenters. The summed E-state index contributed by atoms with van der Waals surface area (Å²) >= 11 is 0. The van der Waals surface area contributed by atoms with Gasteiger partial charge in [0.1, 0.15) is 18.0 Å². The van der Waals surface area contributed by atoms with Gasteiger partial charge in [0.05, 0.1) is 19.4 Å². The number of aryl methyl sites for hydroxylation is 2. The Kier molecular flexibility index (Phi) is 5.18. The zero-order valence-electron chi connectivity index (χ0n) is 14.3. The van der Waals surface area contributed by atoms with Gasteiger partial charge in [0.25, 0.3) is 0 Å². The van der Waals surface area contributed by atoms with Crippen LogP contribution in [0.2, 0.25) is 0 Å². The number of benzene rings is 1. The Morgan fingerprint density at radius 3 is 2.96 bits per heavy atom. The number of aliphatic hydroxyl groups is 1. The molecule has 0 unspecified atom stereocenters. The average Bonchev–Trinajstić information content (AvgIpc) is 2.85. The van der Waals surface area contributed by atoms with Crippen LogP contribution >= 0.6 is 0 Å². The molecular formula is C18H25N3O3. The van der Waals surface area contributed by atoms with Crippen molar-refractivity contribution in [3.05, 3.63) is 47.3 Å². The predicted molar refractivity (Wildman–Crippen MR) is 91.0 cm³/mol. The first-order valence-corrected chi connectivity index (χ1v) is 8.25. The quantitative estimate of drug-likeness (QED) is 0.872. The molecule has 0 aliphatic carbocycles. The first-order valence-electron chi connectivity index (χ1n) is 8.25. The van der Waals surface area contributed by atoms with Crippen molar-refractivity contribution >= 4 is 0 Å². The minimum Gasteiger partial charge on any atom is -0.490 e. The molecular weight excluding hydrogens is 306 g/mol. The summed E-state index contributed by atoms with van der Waals surface area (Å²) in [7, 11) is 0. The van der Waals surface area contributed by atoms with E-state index < -0.39 is 5.60 Å². The first-order chi connectivity index (χ1) is 11.6. The van der Waals surface area contributed by atoms with Crippen LogP contribution in [0.15, 0.2) is 30.5 Å². The largest absolute Gasteiger partial charge is 0.490 e. The molecule has 1 aromatic carbocycles. The number of H-pyrrole nitrogens is 1. The third kappa shape index (κ3) is 4.14. The number of para-hydroxylation sites is 1. The van der Waals surface area contributed by atoms with E-state index in [1.807, 2.05) is 44.3 Å². The van der Waals surface area contributed by atoms with E-state index in [0.717, 1.165) is 35.7 Å². The number of aromatic nitrogens is 2. The van der Waals surface area contributed by atoms with Gasteiger partial charge < -0.3 is 14.6 Å². The van der Waals surface area contributed by atoms with Gasteiger partial charge in [-0.05, 0) is 25.5 Å². The Labute approximate surface area is 142 Å². The van der Waals surface area contributed by atoms with Crippen LogP contribution in [0, 0.1) is 13.8 Å². The van der Waals surface area contributed by atoms with Crippen molar-refractivity contribution in [3.63, 3.8) is 0 Å². The number of rotatable bonds is 5. The van der Waals surface area contributed by atoms with Crippen molar-refractivity contribution in [1.29, 1.82) is 0 Å². The molecule has 1 aromatic heterocycles. The number of β-amino-alcohol motifs (C(OH)–C–C–N with tert-alkyl or cyclic N) is 1. The van der Waals surface area contributed by atoms with Crippen molar-refractivity contribution in [2.45, 2.75) is 26.0 Å². The molecule has 2 aromatic rings. The van der Waals surface area contributed by atoms with E-state index in [1.165, 1.54) is 0 Å². The summed E-state index contributed by atoms with van der Waals surface area (Å²) in [6.07, 6.45) is 1.84. The zero-order valence-corrected chi connectivity index (χ0v) is 14.3. The first kappa shape index (κ1) is 17.0. The van der Waals surface area contributed by atoms with Gasteiger partial charge in [-0.25, -0.2) is 0 Å². The summed E-state index contributed by atoms with van der Waals surface area (Å²) in [4.78, 5) is 2.19. The van der Waals surface area contributed by atoms with E-state index in [4.69, 9.17) is 9.47 Å². The summed E-state index contributed by atoms with van der Waals surface area (Å²) in [6, 6.07) is 7.82. The summed E-state index contributed by atoms with van der Waals surface area (Å²) in [5.74, 6) is 0.799. The minimum atomic E-state index is -1.03. The fraction of sp³-hybridized carbons (Fsp3) is 0.500. The number of nitrogens with zero attached hydrogens (tertiary/aromatic N) is 2. The molecule has 0 bridgehead atoms. The lowest BCUT2D eigenvalue weighted by Gasteiger charge is -2.30. The van der Waals surface area contributed by atoms with E-state index >= 15 is 0 Å². The van der Waals surface area contributed by atoms with Crippen LogP contribution < -0.4 is 4.74 Å². The second kappa shape index (κ2) is 7.34. The van der Waals surface area contributed by atoms with Crippen LogP contribution in [0.4, 0.5) is 0 Å². The number of ether oxygens (including phenoxy) is 2. The SMILES string of the molecule is Cc1ccccc1OC[C@]1(O)COCCN(Cc2cn[nH]c2C)C1. The van der Waals surface area contributed by atoms with Crippen molar-refractivity contribution in [2.24, 2.45) is 0 Å². The van der Waals surface area contributed by atoms with Gasteiger partial charge in [-0.2, -0.15) is 5.10 Å². The highest BCUT2D eigenvalue weighted by molar-refractivity contribution is 5.31. The van der Waals surface area contributed by atoms with Crippen LogP contribution in [0.25, 0.3) is 0 Å². The van der Waals surface area contributed by atoms with Crippen LogP contribution in [0.5, 0.6) is 5.75 Å². The zero-order chi connectivity index (χ0) is 17.0. The van der Waals surface area contributed by atoms with Crippen LogP contribution in [-0.4, -0.2) is 58.7 Å². The van der Waals surface area contributed by atoms with E-state index in [-0.39, 0.29) is 13.2 Å². The second-order valence-corrected chi connectivity index (χ2v) is 6.56. The van der Waals surface area contributed by atoms with Gasteiger partial charge >= 0.3 is 0 Å². The molecule has 0 amide bonds. The highest BCUT2D eigenvalue weighted by Crippen LogP contribution is 2.21. The molecule has 6 nitrogen and oxygen atoms in total. The van der Waals surface area contributed by atoms with Crippen LogP contribution in [-0.2, 0) is 11.3 Å². The summed E-state index contributed by atoms with van der Waals surface area (Å²) in [6.45, 7) is 7.10. The van der Waals surface area contributed by atoms with Gasteiger partial charge in [-0.15, -0.1) is 0 Å². The Morgan fingerprint density at radius 2 is 2.21 bits per heavy atom. The fourth-order valence-corrected chi connectivity index (χ4v) is 2.93. The molecule has 2 N–H and O–H groups in total. The minimum absolute atomic E-state index is 0.207. The van der Waals surface area contributed by atoms with Crippen molar-refractivity contribution < 1.29 is 14.6 Å². The molecule has 1 saturated heterocycles. The van der Waals surface area contributed by atoms with Gasteiger partial charge in [0, 0.05) is 30.9 Å². The molecule has 1 fully saturated rings. The summed E-state index contributed by atoms with van der Waals surface area (Å²) in [5, 5.41) is 18.0. The number of hydrogen-bond donors (Lipinski definition) is 2. The van der Waals surface area contributed by atoms with Gasteiger partial charge in [0.2, 0.25) is 0 Å². The Hall–Kier alpha value is -1.89. The third-order valence-corrected chi connectivity index (χ3v) is 4.36. The highest BCUT2D eigenvalue weighted by atomic mass is 16.5. The molecule has 0 saturated carbocycles. The Balaban J connectivity index is 1.64. The molecule has 0 spiro atoms. The highest BCUT2D eigenvalue weighted by Gasteiger charge is 2.34. The Bertz CT molecular complexity index is 673. The van der Waals surface area contributed by atoms with Crippen molar-refractivity contribution in [3.8, 4) is 5.75 Å². The normalized spacial score (nSPS) is 22.3. The fourth-order valence-electron chi connectivity index (χ4n) is 2.93. The maximum Gasteiger partial charge on any atom is 0.134 e. The van der Waals surface area contributed by atoms with Crippen molar-refractivity contribution in [2.75, 3.05) is 32.9 Å².